The van der Waals surface area contributed by atoms with E-state index >= 15 is 0 Å². The van der Waals surface area contributed by atoms with E-state index in [-0.39, 0.29) is 17.5 Å². The molecule has 2 aromatic carbocycles. The average molecular weight is 389 g/mol. The number of amides is 2. The van der Waals surface area contributed by atoms with Crippen LogP contribution in [-0.4, -0.2) is 30.1 Å². The fourth-order valence-electron chi connectivity index (χ4n) is 3.88. The second-order valence-electron chi connectivity index (χ2n) is 8.73. The molecule has 2 N–H and O–H groups in total. The van der Waals surface area contributed by atoms with Crippen molar-refractivity contribution in [3.8, 4) is 0 Å². The summed E-state index contributed by atoms with van der Waals surface area (Å²) in [4.78, 5) is 19.0. The number of aromatic nitrogens is 1. The van der Waals surface area contributed by atoms with E-state index in [2.05, 4.69) is 77.7 Å². The molecule has 1 aliphatic heterocycles. The lowest BCUT2D eigenvalue weighted by Gasteiger charge is -2.21. The maximum Gasteiger partial charge on any atom is 0.319 e. The number of nitrogens with zero attached hydrogens (tertiary/aromatic N) is 2. The van der Waals surface area contributed by atoms with Crippen LogP contribution < -0.4 is 15.5 Å². The van der Waals surface area contributed by atoms with Crippen molar-refractivity contribution in [2.75, 3.05) is 23.3 Å². The third-order valence-corrected chi connectivity index (χ3v) is 5.53. The van der Waals surface area contributed by atoms with Gasteiger partial charge in [0.05, 0.1) is 0 Å². The fourth-order valence-corrected chi connectivity index (χ4v) is 3.88. The maximum absolute atomic E-state index is 12.5. The monoisotopic (exact) mass is 388 g/mol. The molecule has 1 aliphatic rings. The van der Waals surface area contributed by atoms with Gasteiger partial charge >= 0.3 is 6.03 Å². The molecule has 1 atom stereocenters. The second kappa shape index (κ2) is 7.74. The number of carbonyl (C=O) groups excluding carboxylic acids is 1. The third kappa shape index (κ3) is 4.34. The van der Waals surface area contributed by atoms with Crippen LogP contribution in [-0.2, 0) is 5.41 Å². The first-order valence-electron chi connectivity index (χ1n) is 10.2. The highest BCUT2D eigenvalue weighted by molar-refractivity contribution is 5.94. The lowest BCUT2D eigenvalue weighted by Crippen LogP contribution is -2.39. The summed E-state index contributed by atoms with van der Waals surface area (Å²) < 4.78 is 0. The number of rotatable bonds is 3. The molecule has 0 spiro atoms. The SMILES string of the molecule is CC(C)(C)c1ccc(NC(=O)N[C@@H]2CCN(c3cccc4cnccc34)C2)cc1. The van der Waals surface area contributed by atoms with Crippen molar-refractivity contribution in [3.63, 3.8) is 0 Å². The van der Waals surface area contributed by atoms with Crippen molar-refractivity contribution >= 4 is 28.2 Å². The molecule has 0 bridgehead atoms. The first-order chi connectivity index (χ1) is 13.9. The average Bonchev–Trinajstić information content (AvgIpc) is 3.15. The molecule has 0 saturated carbocycles. The molecule has 2 heterocycles. The van der Waals surface area contributed by atoms with E-state index in [9.17, 15) is 4.79 Å². The van der Waals surface area contributed by atoms with Crippen LogP contribution in [0.1, 0.15) is 32.8 Å². The Morgan fingerprint density at radius 1 is 1.10 bits per heavy atom. The molecule has 1 aromatic heterocycles. The Labute approximate surface area is 172 Å². The molecule has 0 unspecified atom stereocenters. The van der Waals surface area contributed by atoms with Gasteiger partial charge in [0.15, 0.2) is 0 Å². The van der Waals surface area contributed by atoms with Gasteiger partial charge in [-0.25, -0.2) is 4.79 Å². The molecule has 1 fully saturated rings. The van der Waals surface area contributed by atoms with Crippen LogP contribution in [0.4, 0.5) is 16.2 Å². The Morgan fingerprint density at radius 2 is 1.90 bits per heavy atom. The van der Waals surface area contributed by atoms with Gasteiger partial charge in [0.2, 0.25) is 0 Å². The van der Waals surface area contributed by atoms with Crippen molar-refractivity contribution in [3.05, 3.63) is 66.5 Å². The lowest BCUT2D eigenvalue weighted by atomic mass is 9.87. The molecule has 29 heavy (non-hydrogen) atoms. The van der Waals surface area contributed by atoms with Gasteiger partial charge in [0.1, 0.15) is 0 Å². The van der Waals surface area contributed by atoms with E-state index in [0.717, 1.165) is 30.6 Å². The number of carbonyl (C=O) groups is 1. The smallest absolute Gasteiger partial charge is 0.319 e. The number of anilines is 2. The normalized spacial score (nSPS) is 16.8. The molecule has 0 radical (unpaired) electrons. The van der Waals surface area contributed by atoms with Gasteiger partial charge in [-0.05, 0) is 41.7 Å². The van der Waals surface area contributed by atoms with E-state index < -0.39 is 0 Å². The molecular formula is C24H28N4O. The first-order valence-corrected chi connectivity index (χ1v) is 10.2. The van der Waals surface area contributed by atoms with Crippen molar-refractivity contribution in [1.29, 1.82) is 0 Å². The van der Waals surface area contributed by atoms with Gasteiger partial charge in [-0.3, -0.25) is 4.98 Å². The quantitative estimate of drug-likeness (QED) is 0.669. The van der Waals surface area contributed by atoms with E-state index in [4.69, 9.17) is 0 Å². The van der Waals surface area contributed by atoms with Gasteiger partial charge in [-0.2, -0.15) is 0 Å². The summed E-state index contributed by atoms with van der Waals surface area (Å²) in [5.41, 5.74) is 3.37. The zero-order valence-corrected chi connectivity index (χ0v) is 17.3. The summed E-state index contributed by atoms with van der Waals surface area (Å²) in [7, 11) is 0. The Balaban J connectivity index is 1.37. The van der Waals surface area contributed by atoms with E-state index in [1.54, 1.807) is 0 Å². The molecule has 5 nitrogen and oxygen atoms in total. The van der Waals surface area contributed by atoms with Crippen molar-refractivity contribution in [2.45, 2.75) is 38.6 Å². The van der Waals surface area contributed by atoms with Crippen LogP contribution in [0, 0.1) is 0 Å². The number of hydrogen-bond donors (Lipinski definition) is 2. The topological polar surface area (TPSA) is 57.3 Å². The van der Waals surface area contributed by atoms with E-state index in [1.807, 2.05) is 24.5 Å². The molecule has 5 heteroatoms. The number of nitrogens with one attached hydrogen (secondary N) is 2. The highest BCUT2D eigenvalue weighted by Gasteiger charge is 2.25. The second-order valence-corrected chi connectivity index (χ2v) is 8.73. The van der Waals surface area contributed by atoms with Gasteiger partial charge in [0.25, 0.3) is 0 Å². The van der Waals surface area contributed by atoms with Crippen LogP contribution in [0.2, 0.25) is 0 Å². The molecule has 0 aliphatic carbocycles. The summed E-state index contributed by atoms with van der Waals surface area (Å²) in [5, 5.41) is 8.41. The predicted octanol–water partition coefficient (Wildman–Crippen LogP) is 4.93. The minimum absolute atomic E-state index is 0.103. The first kappa shape index (κ1) is 19.2. The van der Waals surface area contributed by atoms with Crippen molar-refractivity contribution in [1.82, 2.24) is 10.3 Å². The maximum atomic E-state index is 12.5. The Bertz CT molecular complexity index is 1000. The molecule has 3 aromatic rings. The number of fused-ring (bicyclic) bond motifs is 1. The lowest BCUT2D eigenvalue weighted by molar-refractivity contribution is 0.249. The molecule has 150 valence electrons. The van der Waals surface area contributed by atoms with Gasteiger partial charge in [-0.1, -0.05) is 45.0 Å². The molecule has 1 saturated heterocycles. The molecule has 4 rings (SSSR count). The van der Waals surface area contributed by atoms with Crippen LogP contribution in [0.15, 0.2) is 60.9 Å². The number of pyridine rings is 1. The summed E-state index contributed by atoms with van der Waals surface area (Å²) in [6.07, 6.45) is 4.65. The largest absolute Gasteiger partial charge is 0.369 e. The zero-order valence-electron chi connectivity index (χ0n) is 17.3. The van der Waals surface area contributed by atoms with E-state index in [0.29, 0.717) is 0 Å². The molecular weight excluding hydrogens is 360 g/mol. The summed E-state index contributed by atoms with van der Waals surface area (Å²) >= 11 is 0. The number of benzene rings is 2. The molecule has 2 amide bonds. The summed E-state index contributed by atoms with van der Waals surface area (Å²) in [5.74, 6) is 0. The highest BCUT2D eigenvalue weighted by Crippen LogP contribution is 2.29. The Kier molecular flexibility index (Phi) is 5.14. The minimum Gasteiger partial charge on any atom is -0.369 e. The van der Waals surface area contributed by atoms with Gasteiger partial charge in [0, 0.05) is 53.7 Å². The standard InChI is InChI=1S/C24H28N4O/c1-24(2,3)18-7-9-19(10-8-18)26-23(29)27-20-12-14-28(16-20)22-6-4-5-17-15-25-13-11-21(17)22/h4-11,13,15,20H,12,14,16H2,1-3H3,(H2,26,27,29)/t20-/m1/s1. The van der Waals surface area contributed by atoms with Crippen LogP contribution in [0.25, 0.3) is 10.8 Å². The fraction of sp³-hybridized carbons (Fsp3) is 0.333. The van der Waals surface area contributed by atoms with E-state index in [1.165, 1.54) is 16.6 Å². The highest BCUT2D eigenvalue weighted by atomic mass is 16.2. The predicted molar refractivity (Wildman–Crippen MR) is 120 cm³/mol. The Hall–Kier alpha value is -3.08. The van der Waals surface area contributed by atoms with Crippen LogP contribution >= 0.6 is 0 Å². The Morgan fingerprint density at radius 3 is 2.66 bits per heavy atom. The van der Waals surface area contributed by atoms with Crippen molar-refractivity contribution in [2.24, 2.45) is 0 Å². The zero-order chi connectivity index (χ0) is 20.4. The van der Waals surface area contributed by atoms with Crippen LogP contribution in [0.5, 0.6) is 0 Å². The summed E-state index contributed by atoms with van der Waals surface area (Å²) in [6.45, 7) is 8.27. The van der Waals surface area contributed by atoms with Gasteiger partial charge in [-0.15, -0.1) is 0 Å². The number of urea groups is 1. The number of hydrogen-bond acceptors (Lipinski definition) is 3. The van der Waals surface area contributed by atoms with Crippen molar-refractivity contribution < 1.29 is 4.79 Å². The van der Waals surface area contributed by atoms with Gasteiger partial charge < -0.3 is 15.5 Å². The summed E-state index contributed by atoms with van der Waals surface area (Å²) in [6, 6.07) is 16.4. The minimum atomic E-state index is -0.150. The third-order valence-electron chi connectivity index (χ3n) is 5.53. The van der Waals surface area contributed by atoms with Crippen LogP contribution in [0.3, 0.4) is 0 Å².